The Bertz CT molecular complexity index is 1080. The molecule has 4 nitrogen and oxygen atoms in total. The summed E-state index contributed by atoms with van der Waals surface area (Å²) in [4.78, 5) is 2.18. The maximum absolute atomic E-state index is 5.82. The highest BCUT2D eigenvalue weighted by atomic mass is 15.3. The highest BCUT2D eigenvalue weighted by Gasteiger charge is 2.17. The Morgan fingerprint density at radius 2 is 1.79 bits per heavy atom. The van der Waals surface area contributed by atoms with Crippen LogP contribution in [0.3, 0.4) is 0 Å². The maximum atomic E-state index is 5.82. The molecule has 2 aromatic rings. The van der Waals surface area contributed by atoms with Gasteiger partial charge in [0.1, 0.15) is 0 Å². The largest absolute Gasteiger partial charge is 0.402 e. The minimum Gasteiger partial charge on any atom is -0.402 e. The van der Waals surface area contributed by atoms with Crippen molar-refractivity contribution in [3.63, 3.8) is 0 Å². The van der Waals surface area contributed by atoms with Gasteiger partial charge in [0, 0.05) is 48.4 Å². The summed E-state index contributed by atoms with van der Waals surface area (Å²) in [6.45, 7) is 22.8. The molecule has 1 aliphatic heterocycles. The number of rotatable bonds is 7. The van der Waals surface area contributed by atoms with Gasteiger partial charge in [0.05, 0.1) is 6.67 Å². The Morgan fingerprint density at radius 1 is 1.12 bits per heavy atom. The second kappa shape index (κ2) is 12.7. The zero-order chi connectivity index (χ0) is 25.3. The third-order valence-electron chi connectivity index (χ3n) is 5.87. The van der Waals surface area contributed by atoms with Crippen molar-refractivity contribution >= 4 is 11.3 Å². The van der Waals surface area contributed by atoms with Gasteiger partial charge in [0.15, 0.2) is 0 Å². The van der Waals surface area contributed by atoms with E-state index in [-0.39, 0.29) is 0 Å². The number of hydrogen-bond donors (Lipinski definition) is 3. The molecule has 0 atom stereocenters. The lowest BCUT2D eigenvalue weighted by molar-refractivity contribution is 0.430. The number of allylic oxidation sites excluding steroid dienone is 5. The Hall–Kier alpha value is -3.50. The van der Waals surface area contributed by atoms with E-state index in [9.17, 15) is 0 Å². The molecule has 0 spiro atoms. The van der Waals surface area contributed by atoms with Gasteiger partial charge in [0.25, 0.3) is 0 Å². The topological polar surface area (TPSA) is 53.3 Å². The quantitative estimate of drug-likeness (QED) is 0.418. The van der Waals surface area contributed by atoms with Gasteiger partial charge in [0.2, 0.25) is 0 Å². The number of anilines is 1. The Morgan fingerprint density at radius 3 is 2.26 bits per heavy atom. The summed E-state index contributed by atoms with van der Waals surface area (Å²) >= 11 is 0. The van der Waals surface area contributed by atoms with Crippen LogP contribution in [0.1, 0.15) is 31.9 Å². The third-order valence-corrected chi connectivity index (χ3v) is 5.87. The first-order valence-corrected chi connectivity index (χ1v) is 11.7. The standard InChI is InChI=1S/C19H21N.C11H19N3/c1-5-15(6-2)19-17(8-7-9-18(19)20-4)16-12-10-14(3)11-13-16;1-8(2)11(9(3)12)10(4)14-6-5-13-7-14/h5-13,20H,1H2,2-4H3;13H,1,4-7,12H2,2-3H3/b15-6+;11-9+. The second-order valence-electron chi connectivity index (χ2n) is 8.50. The van der Waals surface area contributed by atoms with Crippen LogP contribution < -0.4 is 16.4 Å². The summed E-state index contributed by atoms with van der Waals surface area (Å²) < 4.78 is 0. The third kappa shape index (κ3) is 6.52. The van der Waals surface area contributed by atoms with Gasteiger partial charge in [-0.2, -0.15) is 0 Å². The van der Waals surface area contributed by atoms with Crippen molar-refractivity contribution in [2.24, 2.45) is 5.73 Å². The van der Waals surface area contributed by atoms with E-state index in [2.05, 4.69) is 90.7 Å². The van der Waals surface area contributed by atoms with Gasteiger partial charge in [-0.05, 0) is 56.0 Å². The van der Waals surface area contributed by atoms with E-state index in [0.717, 1.165) is 53.6 Å². The van der Waals surface area contributed by atoms with Gasteiger partial charge in [-0.25, -0.2) is 0 Å². The first-order valence-electron chi connectivity index (χ1n) is 11.7. The van der Waals surface area contributed by atoms with Crippen molar-refractivity contribution in [3.8, 4) is 11.1 Å². The van der Waals surface area contributed by atoms with E-state index >= 15 is 0 Å². The van der Waals surface area contributed by atoms with Crippen LogP contribution in [0.25, 0.3) is 16.7 Å². The molecule has 1 aliphatic rings. The molecule has 4 heteroatoms. The van der Waals surface area contributed by atoms with Crippen molar-refractivity contribution in [1.82, 2.24) is 10.2 Å². The molecule has 2 aromatic carbocycles. The number of hydrogen-bond acceptors (Lipinski definition) is 4. The van der Waals surface area contributed by atoms with Crippen molar-refractivity contribution in [2.75, 3.05) is 32.1 Å². The molecule has 0 amide bonds. The second-order valence-corrected chi connectivity index (χ2v) is 8.50. The molecule has 1 fully saturated rings. The fourth-order valence-corrected chi connectivity index (χ4v) is 4.12. The van der Waals surface area contributed by atoms with Crippen molar-refractivity contribution in [1.29, 1.82) is 0 Å². The highest BCUT2D eigenvalue weighted by Crippen LogP contribution is 2.35. The monoisotopic (exact) mass is 456 g/mol. The van der Waals surface area contributed by atoms with Crippen molar-refractivity contribution in [3.05, 3.63) is 108 Å². The average molecular weight is 457 g/mol. The zero-order valence-electron chi connectivity index (χ0n) is 21.5. The molecule has 0 unspecified atom stereocenters. The normalized spacial score (nSPS) is 14.0. The summed E-state index contributed by atoms with van der Waals surface area (Å²) in [5.74, 6) is 0. The minimum atomic E-state index is 0.786. The van der Waals surface area contributed by atoms with Gasteiger partial charge in [-0.15, -0.1) is 0 Å². The number of benzene rings is 2. The van der Waals surface area contributed by atoms with Gasteiger partial charge in [-0.1, -0.05) is 73.9 Å². The maximum Gasteiger partial charge on any atom is 0.0683 e. The Kier molecular flexibility index (Phi) is 9.96. The summed E-state index contributed by atoms with van der Waals surface area (Å²) in [6.07, 6.45) is 4.01. The zero-order valence-corrected chi connectivity index (χ0v) is 21.5. The molecule has 0 aliphatic carbocycles. The van der Waals surface area contributed by atoms with E-state index in [0.29, 0.717) is 0 Å². The molecule has 0 aromatic heterocycles. The molecule has 1 heterocycles. The highest BCUT2D eigenvalue weighted by molar-refractivity contribution is 5.91. The summed E-state index contributed by atoms with van der Waals surface area (Å²) in [5, 5.41) is 6.54. The van der Waals surface area contributed by atoms with E-state index in [1.54, 1.807) is 0 Å². The molecule has 3 rings (SSSR count). The lowest BCUT2D eigenvalue weighted by Gasteiger charge is -2.23. The molecule has 180 valence electrons. The predicted octanol–water partition coefficient (Wildman–Crippen LogP) is 6.46. The molecule has 34 heavy (non-hydrogen) atoms. The SMILES string of the molecule is C=C(C)/C(C(=C)N1CCNC1)=C(/C)N.C=C/C(=C\C)c1c(NC)cccc1-c1ccc(C)cc1. The first-order chi connectivity index (χ1) is 16.2. The van der Waals surface area contributed by atoms with Crippen molar-refractivity contribution < 1.29 is 0 Å². The number of nitrogens with two attached hydrogens (primary N) is 1. The Balaban J connectivity index is 0.000000257. The van der Waals surface area contributed by atoms with E-state index in [1.165, 1.54) is 22.3 Å². The fourth-order valence-electron chi connectivity index (χ4n) is 4.12. The van der Waals surface area contributed by atoms with Crippen LogP contribution in [-0.2, 0) is 0 Å². The van der Waals surface area contributed by atoms with E-state index < -0.39 is 0 Å². The molecule has 0 saturated carbocycles. The van der Waals surface area contributed by atoms with Crippen LogP contribution in [0, 0.1) is 6.92 Å². The number of aryl methyl sites for hydroxylation is 1. The van der Waals surface area contributed by atoms with Crippen LogP contribution in [0.4, 0.5) is 5.69 Å². The van der Waals surface area contributed by atoms with Crippen LogP contribution in [-0.4, -0.2) is 31.7 Å². The summed E-state index contributed by atoms with van der Waals surface area (Å²) in [5.41, 5.74) is 16.7. The van der Waals surface area contributed by atoms with E-state index in [4.69, 9.17) is 5.73 Å². The molecule has 0 radical (unpaired) electrons. The predicted molar refractivity (Wildman–Crippen MR) is 150 cm³/mol. The van der Waals surface area contributed by atoms with Crippen LogP contribution >= 0.6 is 0 Å². The number of nitrogens with zero attached hydrogens (tertiary/aromatic N) is 1. The average Bonchev–Trinajstić information content (AvgIpc) is 3.36. The van der Waals surface area contributed by atoms with Gasteiger partial charge < -0.3 is 16.0 Å². The van der Waals surface area contributed by atoms with E-state index in [1.807, 2.05) is 33.9 Å². The van der Waals surface area contributed by atoms with Crippen LogP contribution in [0.15, 0.2) is 96.9 Å². The molecule has 4 N–H and O–H groups in total. The smallest absolute Gasteiger partial charge is 0.0683 e. The molecule has 1 saturated heterocycles. The summed E-state index contributed by atoms with van der Waals surface area (Å²) in [6, 6.07) is 15.0. The van der Waals surface area contributed by atoms with Crippen LogP contribution in [0.5, 0.6) is 0 Å². The lowest BCUT2D eigenvalue weighted by Crippen LogP contribution is -2.23. The lowest BCUT2D eigenvalue weighted by atomic mass is 9.92. The summed E-state index contributed by atoms with van der Waals surface area (Å²) in [7, 11) is 1.95. The minimum absolute atomic E-state index is 0.786. The fraction of sp³-hybridized carbons (Fsp3) is 0.267. The van der Waals surface area contributed by atoms with Gasteiger partial charge in [-0.3, -0.25) is 5.32 Å². The first kappa shape index (κ1) is 26.7. The van der Waals surface area contributed by atoms with Gasteiger partial charge >= 0.3 is 0 Å². The number of nitrogens with one attached hydrogen (secondary N) is 2. The molecular formula is C30H40N4. The Labute approximate surface area is 206 Å². The molecular weight excluding hydrogens is 416 g/mol. The van der Waals surface area contributed by atoms with Crippen molar-refractivity contribution in [2.45, 2.75) is 27.7 Å². The molecule has 0 bridgehead atoms. The van der Waals surface area contributed by atoms with Crippen LogP contribution in [0.2, 0.25) is 0 Å².